The van der Waals surface area contributed by atoms with Crippen LogP contribution in [0.3, 0.4) is 0 Å². The molecule has 1 heterocycles. The van der Waals surface area contributed by atoms with Crippen LogP contribution in [0.1, 0.15) is 17.3 Å². The van der Waals surface area contributed by atoms with Crippen molar-refractivity contribution >= 4 is 23.3 Å². The lowest BCUT2D eigenvalue weighted by Gasteiger charge is -2.15. The number of benzene rings is 2. The molecule has 2 aromatic rings. The first-order valence-corrected chi connectivity index (χ1v) is 8.17. The molecular formula is C20H18N2O4. The standard InChI is InChI=1S/C20H18N2O4/c1-13(24)14-5-4-6-15(11-14)16-7-2-3-8-17(16)21-18-12-19(25)22(9-10-23)20(18)26/h2-8,11-12,21,23H,9-10H2,1H3. The predicted molar refractivity (Wildman–Crippen MR) is 97.4 cm³/mol. The van der Waals surface area contributed by atoms with Gasteiger partial charge in [-0.2, -0.15) is 0 Å². The van der Waals surface area contributed by atoms with E-state index in [1.165, 1.54) is 13.0 Å². The van der Waals surface area contributed by atoms with Gasteiger partial charge in [0.15, 0.2) is 5.78 Å². The van der Waals surface area contributed by atoms with Crippen LogP contribution >= 0.6 is 0 Å². The van der Waals surface area contributed by atoms with Gasteiger partial charge in [0.1, 0.15) is 5.70 Å². The Kier molecular flexibility index (Phi) is 4.95. The minimum Gasteiger partial charge on any atom is -0.395 e. The number of nitrogens with one attached hydrogen (secondary N) is 1. The number of imide groups is 1. The van der Waals surface area contributed by atoms with Crippen molar-refractivity contribution in [2.45, 2.75) is 6.92 Å². The molecule has 1 aliphatic rings. The Balaban J connectivity index is 1.93. The third-order valence-electron chi connectivity index (χ3n) is 4.11. The van der Waals surface area contributed by atoms with Crippen molar-refractivity contribution in [3.63, 3.8) is 0 Å². The molecule has 0 aliphatic carbocycles. The van der Waals surface area contributed by atoms with Crippen molar-refractivity contribution in [2.75, 3.05) is 18.5 Å². The van der Waals surface area contributed by atoms with Gasteiger partial charge in [-0.05, 0) is 24.6 Å². The molecule has 0 saturated carbocycles. The number of Topliss-reactive ketones (excluding diaryl/α,β-unsaturated/α-hetero) is 1. The van der Waals surface area contributed by atoms with E-state index in [0.29, 0.717) is 11.3 Å². The quantitative estimate of drug-likeness (QED) is 0.616. The molecule has 1 aliphatic heterocycles. The zero-order valence-corrected chi connectivity index (χ0v) is 14.2. The van der Waals surface area contributed by atoms with Crippen LogP contribution in [0.2, 0.25) is 0 Å². The molecule has 0 radical (unpaired) electrons. The lowest BCUT2D eigenvalue weighted by Crippen LogP contribution is -2.34. The van der Waals surface area contributed by atoms with Gasteiger partial charge in [0.25, 0.3) is 11.8 Å². The lowest BCUT2D eigenvalue weighted by molar-refractivity contribution is -0.137. The summed E-state index contributed by atoms with van der Waals surface area (Å²) in [6, 6.07) is 14.5. The summed E-state index contributed by atoms with van der Waals surface area (Å²) in [5.74, 6) is -0.963. The summed E-state index contributed by atoms with van der Waals surface area (Å²) < 4.78 is 0. The van der Waals surface area contributed by atoms with Crippen molar-refractivity contribution in [1.29, 1.82) is 0 Å². The van der Waals surface area contributed by atoms with Gasteiger partial charge in [-0.1, -0.05) is 36.4 Å². The van der Waals surface area contributed by atoms with E-state index in [1.54, 1.807) is 24.3 Å². The first-order valence-electron chi connectivity index (χ1n) is 8.17. The molecule has 0 saturated heterocycles. The number of rotatable bonds is 6. The van der Waals surface area contributed by atoms with Crippen LogP contribution in [-0.2, 0) is 9.59 Å². The van der Waals surface area contributed by atoms with Crippen molar-refractivity contribution in [1.82, 2.24) is 4.90 Å². The Hall–Kier alpha value is -3.25. The summed E-state index contributed by atoms with van der Waals surface area (Å²) >= 11 is 0. The molecular weight excluding hydrogens is 332 g/mol. The fraction of sp³-hybridized carbons (Fsp3) is 0.150. The van der Waals surface area contributed by atoms with Gasteiger partial charge in [-0.3, -0.25) is 19.3 Å². The lowest BCUT2D eigenvalue weighted by atomic mass is 10.00. The van der Waals surface area contributed by atoms with E-state index >= 15 is 0 Å². The summed E-state index contributed by atoms with van der Waals surface area (Å²) in [5, 5.41) is 12.0. The Bertz CT molecular complexity index is 918. The largest absolute Gasteiger partial charge is 0.395 e. The average Bonchev–Trinajstić information content (AvgIpc) is 2.90. The van der Waals surface area contributed by atoms with Crippen LogP contribution in [-0.4, -0.2) is 40.8 Å². The van der Waals surface area contributed by atoms with Crippen LogP contribution in [0.15, 0.2) is 60.3 Å². The number of carbonyl (C=O) groups excluding carboxylic acids is 3. The molecule has 0 aromatic heterocycles. The van der Waals surface area contributed by atoms with E-state index in [2.05, 4.69) is 5.32 Å². The number of nitrogens with zero attached hydrogens (tertiary/aromatic N) is 1. The molecule has 2 amide bonds. The van der Waals surface area contributed by atoms with Gasteiger partial charge in [0.05, 0.1) is 13.2 Å². The van der Waals surface area contributed by atoms with Crippen LogP contribution in [0.4, 0.5) is 5.69 Å². The molecule has 0 atom stereocenters. The van der Waals surface area contributed by atoms with Crippen LogP contribution in [0.5, 0.6) is 0 Å². The van der Waals surface area contributed by atoms with Gasteiger partial charge in [-0.15, -0.1) is 0 Å². The predicted octanol–water partition coefficient (Wildman–Crippen LogP) is 2.21. The Labute approximate surface area is 150 Å². The highest BCUT2D eigenvalue weighted by atomic mass is 16.3. The second-order valence-corrected chi connectivity index (χ2v) is 5.88. The SMILES string of the molecule is CC(=O)c1cccc(-c2ccccc2NC2=CC(=O)N(CCO)C2=O)c1. The van der Waals surface area contributed by atoms with Crippen molar-refractivity contribution < 1.29 is 19.5 Å². The number of carbonyl (C=O) groups is 3. The molecule has 0 fully saturated rings. The van der Waals surface area contributed by atoms with E-state index in [-0.39, 0.29) is 24.6 Å². The highest BCUT2D eigenvalue weighted by Crippen LogP contribution is 2.30. The molecule has 6 heteroatoms. The third-order valence-corrected chi connectivity index (χ3v) is 4.11. The van der Waals surface area contributed by atoms with E-state index in [9.17, 15) is 14.4 Å². The summed E-state index contributed by atoms with van der Waals surface area (Å²) in [7, 11) is 0. The topological polar surface area (TPSA) is 86.7 Å². The maximum Gasteiger partial charge on any atom is 0.277 e. The number of anilines is 1. The highest BCUT2D eigenvalue weighted by molar-refractivity contribution is 6.17. The van der Waals surface area contributed by atoms with E-state index < -0.39 is 11.8 Å². The number of para-hydroxylation sites is 1. The van der Waals surface area contributed by atoms with E-state index in [1.807, 2.05) is 24.3 Å². The maximum absolute atomic E-state index is 12.3. The minimum atomic E-state index is -0.476. The molecule has 132 valence electrons. The molecule has 0 spiro atoms. The number of hydrogen-bond donors (Lipinski definition) is 2. The first kappa shape index (κ1) is 17.6. The Morgan fingerprint density at radius 1 is 1.12 bits per heavy atom. The second-order valence-electron chi connectivity index (χ2n) is 5.88. The number of β-amino-alcohol motifs (C(OH)–C–C–N with tert-alkyl or cyclic N) is 1. The second kappa shape index (κ2) is 7.33. The number of aliphatic hydroxyl groups excluding tert-OH is 1. The maximum atomic E-state index is 12.3. The van der Waals surface area contributed by atoms with E-state index in [4.69, 9.17) is 5.11 Å². The third kappa shape index (κ3) is 3.41. The number of hydrogen-bond acceptors (Lipinski definition) is 5. The zero-order valence-electron chi connectivity index (χ0n) is 14.2. The summed E-state index contributed by atoms with van der Waals surface area (Å²) in [4.78, 5) is 36.8. The fourth-order valence-electron chi connectivity index (χ4n) is 2.80. The summed E-state index contributed by atoms with van der Waals surface area (Å²) in [6.07, 6.45) is 1.22. The Morgan fingerprint density at radius 3 is 2.62 bits per heavy atom. The van der Waals surface area contributed by atoms with Crippen molar-refractivity contribution in [3.05, 3.63) is 65.9 Å². The summed E-state index contributed by atoms with van der Waals surface area (Å²) in [5.41, 5.74) is 3.02. The van der Waals surface area contributed by atoms with Crippen LogP contribution in [0, 0.1) is 0 Å². The first-order chi connectivity index (χ1) is 12.5. The van der Waals surface area contributed by atoms with Gasteiger partial charge in [0, 0.05) is 22.9 Å². The smallest absolute Gasteiger partial charge is 0.277 e. The fourth-order valence-corrected chi connectivity index (χ4v) is 2.80. The normalized spacial score (nSPS) is 13.8. The molecule has 6 nitrogen and oxygen atoms in total. The summed E-state index contributed by atoms with van der Waals surface area (Å²) in [6.45, 7) is 1.18. The molecule has 0 unspecified atom stereocenters. The zero-order chi connectivity index (χ0) is 18.7. The number of aliphatic hydroxyl groups is 1. The molecule has 3 rings (SSSR count). The minimum absolute atomic E-state index is 0.0313. The van der Waals surface area contributed by atoms with Gasteiger partial charge in [-0.25, -0.2) is 0 Å². The van der Waals surface area contributed by atoms with Gasteiger partial charge in [0.2, 0.25) is 0 Å². The van der Waals surface area contributed by atoms with Crippen LogP contribution < -0.4 is 5.32 Å². The van der Waals surface area contributed by atoms with Crippen LogP contribution in [0.25, 0.3) is 11.1 Å². The highest BCUT2D eigenvalue weighted by Gasteiger charge is 2.30. The average molecular weight is 350 g/mol. The number of ketones is 1. The number of amides is 2. The van der Waals surface area contributed by atoms with Gasteiger partial charge < -0.3 is 10.4 Å². The van der Waals surface area contributed by atoms with Crippen molar-refractivity contribution in [3.8, 4) is 11.1 Å². The molecule has 2 aromatic carbocycles. The van der Waals surface area contributed by atoms with Crippen molar-refractivity contribution in [2.24, 2.45) is 0 Å². The van der Waals surface area contributed by atoms with E-state index in [0.717, 1.165) is 16.0 Å². The van der Waals surface area contributed by atoms with Gasteiger partial charge >= 0.3 is 0 Å². The Morgan fingerprint density at radius 2 is 1.88 bits per heavy atom. The monoisotopic (exact) mass is 350 g/mol. The molecule has 26 heavy (non-hydrogen) atoms. The molecule has 2 N–H and O–H groups in total. The molecule has 0 bridgehead atoms.